The molecule has 11 nitrogen and oxygen atoms in total. The molecule has 0 aliphatic rings. The van der Waals surface area contributed by atoms with Gasteiger partial charge in [0, 0.05) is 46.9 Å². The number of amides is 4. The van der Waals surface area contributed by atoms with E-state index in [0.29, 0.717) is 54.9 Å². The monoisotopic (exact) mass is 723 g/mol. The number of hydrogen-bond donors (Lipinski definition) is 5. The molecule has 0 aliphatic heterocycles. The predicted molar refractivity (Wildman–Crippen MR) is 206 cm³/mol. The molecule has 272 valence electrons. The zero-order valence-electron chi connectivity index (χ0n) is 29.8. The van der Waals surface area contributed by atoms with Gasteiger partial charge >= 0.3 is 6.09 Å². The van der Waals surface area contributed by atoms with Gasteiger partial charge in [0.25, 0.3) is 5.91 Å². The summed E-state index contributed by atoms with van der Waals surface area (Å²) in [5.74, 6) is -0.218. The van der Waals surface area contributed by atoms with Crippen molar-refractivity contribution >= 4 is 57.4 Å². The zero-order valence-corrected chi connectivity index (χ0v) is 30.7. The Morgan fingerprint density at radius 3 is 2.38 bits per heavy atom. The molecule has 2 aromatic heterocycles. The van der Waals surface area contributed by atoms with Gasteiger partial charge in [-0.2, -0.15) is 0 Å². The molecule has 0 saturated carbocycles. The van der Waals surface area contributed by atoms with Crippen molar-refractivity contribution in [2.75, 3.05) is 24.3 Å². The molecule has 0 bridgehead atoms. The summed E-state index contributed by atoms with van der Waals surface area (Å²) in [6.45, 7) is 5.74. The van der Waals surface area contributed by atoms with Gasteiger partial charge in [-0.15, -0.1) is 11.3 Å². The average Bonchev–Trinajstić information content (AvgIpc) is 3.80. The Labute approximate surface area is 307 Å². The molecular weight excluding hydrogens is 679 g/mol. The maximum atomic E-state index is 13.5. The Kier molecular flexibility index (Phi) is 12.7. The van der Waals surface area contributed by atoms with Crippen molar-refractivity contribution in [1.29, 1.82) is 0 Å². The van der Waals surface area contributed by atoms with Crippen molar-refractivity contribution in [2.45, 2.75) is 64.5 Å². The van der Waals surface area contributed by atoms with Gasteiger partial charge < -0.3 is 30.4 Å². The highest BCUT2D eigenvalue weighted by Gasteiger charge is 2.23. The maximum absolute atomic E-state index is 13.5. The lowest BCUT2D eigenvalue weighted by Gasteiger charge is -2.21. The first-order valence-corrected chi connectivity index (χ1v) is 18.1. The van der Waals surface area contributed by atoms with Gasteiger partial charge in [-0.05, 0) is 98.7 Å². The molecule has 2 heterocycles. The first-order chi connectivity index (χ1) is 25.0. The third-order valence-corrected chi connectivity index (χ3v) is 9.11. The Balaban J connectivity index is 1.14. The Hall–Kier alpha value is -5.62. The number of H-pyrrole nitrogens is 1. The lowest BCUT2D eigenvalue weighted by atomic mass is 10.0. The molecular formula is C40H45N5O6S. The molecule has 5 aromatic rings. The Morgan fingerprint density at radius 2 is 1.65 bits per heavy atom. The molecule has 0 aliphatic carbocycles. The number of thiophene rings is 1. The number of para-hydroxylation sites is 1. The highest BCUT2D eigenvalue weighted by molar-refractivity contribution is 7.13. The first kappa shape index (κ1) is 37.6. The largest absolute Gasteiger partial charge is 0.497 e. The summed E-state index contributed by atoms with van der Waals surface area (Å²) in [6.07, 6.45) is 3.74. The van der Waals surface area contributed by atoms with Gasteiger partial charge in [0.15, 0.2) is 0 Å². The molecule has 0 unspecified atom stereocenters. The van der Waals surface area contributed by atoms with Crippen LogP contribution in [0.25, 0.3) is 21.3 Å². The second kappa shape index (κ2) is 17.5. The third kappa shape index (κ3) is 10.7. The van der Waals surface area contributed by atoms with E-state index in [4.69, 9.17) is 9.47 Å². The molecule has 0 radical (unpaired) electrons. The van der Waals surface area contributed by atoms with Gasteiger partial charge in [-0.3, -0.25) is 19.7 Å². The summed E-state index contributed by atoms with van der Waals surface area (Å²) in [7, 11) is 1.56. The van der Waals surface area contributed by atoms with E-state index in [2.05, 4.69) is 26.3 Å². The predicted octanol–water partition coefficient (Wildman–Crippen LogP) is 7.91. The fourth-order valence-electron chi connectivity index (χ4n) is 5.61. The SMILES string of the molecule is COc1ccc(C(=O)N[C@@H](Cc2c[nH]c3ccccc23)C(=O)NCCCCCC(=O)Nc2cc(-c3cccs3)ccc2NC(=O)OC(C)(C)C)cc1. The van der Waals surface area contributed by atoms with Crippen molar-refractivity contribution in [3.05, 3.63) is 102 Å². The number of fused-ring (bicyclic) bond motifs is 1. The molecule has 52 heavy (non-hydrogen) atoms. The quantitative estimate of drug-likeness (QED) is 0.0693. The summed E-state index contributed by atoms with van der Waals surface area (Å²) in [4.78, 5) is 56.4. The van der Waals surface area contributed by atoms with Gasteiger partial charge in [-0.25, -0.2) is 4.79 Å². The molecule has 5 rings (SSSR count). The second-order valence-electron chi connectivity index (χ2n) is 13.3. The number of anilines is 2. The fraction of sp³-hybridized carbons (Fsp3) is 0.300. The van der Waals surface area contributed by atoms with E-state index in [-0.39, 0.29) is 24.1 Å². The van der Waals surface area contributed by atoms with Crippen LogP contribution in [0.4, 0.5) is 16.2 Å². The summed E-state index contributed by atoms with van der Waals surface area (Å²) in [5.41, 5.74) is 3.45. The van der Waals surface area contributed by atoms with Crippen molar-refractivity contribution in [1.82, 2.24) is 15.6 Å². The van der Waals surface area contributed by atoms with Crippen LogP contribution in [-0.2, 0) is 20.7 Å². The molecule has 0 fully saturated rings. The van der Waals surface area contributed by atoms with Crippen LogP contribution in [0.2, 0.25) is 0 Å². The highest BCUT2D eigenvalue weighted by Crippen LogP contribution is 2.32. The number of rotatable bonds is 15. The first-order valence-electron chi connectivity index (χ1n) is 17.2. The van der Waals surface area contributed by atoms with E-state index >= 15 is 0 Å². The number of methoxy groups -OCH3 is 1. The van der Waals surface area contributed by atoms with Crippen LogP contribution in [0.1, 0.15) is 62.4 Å². The zero-order chi connectivity index (χ0) is 37.1. The maximum Gasteiger partial charge on any atom is 0.412 e. The van der Waals surface area contributed by atoms with Gasteiger partial charge in [0.05, 0.1) is 18.5 Å². The topological polar surface area (TPSA) is 151 Å². The standard InChI is InChI=1S/C40H45N5O6S/c1-40(2,3)51-39(49)45-32-20-17-27(35-13-10-22-52-35)23-33(32)43-36(46)14-6-5-9-21-41-38(48)34(24-28-25-42-31-12-8-7-11-30(28)31)44-37(47)26-15-18-29(50-4)19-16-26/h7-8,10-13,15-20,22-23,25,34,42H,5-6,9,14,21,24H2,1-4H3,(H,41,48)(H,43,46)(H,44,47)(H,45,49)/t34-/m0/s1. The van der Waals surface area contributed by atoms with Crippen molar-refractivity contribution < 1.29 is 28.7 Å². The normalized spacial score (nSPS) is 11.8. The summed E-state index contributed by atoms with van der Waals surface area (Å²) >= 11 is 1.58. The molecule has 4 amide bonds. The lowest BCUT2D eigenvalue weighted by molar-refractivity contribution is -0.123. The number of carbonyl (C=O) groups excluding carboxylic acids is 4. The highest BCUT2D eigenvalue weighted by atomic mass is 32.1. The number of ether oxygens (including phenoxy) is 2. The van der Waals surface area contributed by atoms with Crippen molar-refractivity contribution in [3.63, 3.8) is 0 Å². The molecule has 0 spiro atoms. The number of nitrogens with one attached hydrogen (secondary N) is 5. The molecule has 1 atom stereocenters. The summed E-state index contributed by atoms with van der Waals surface area (Å²) in [6, 6.07) is 23.1. The van der Waals surface area contributed by atoms with Crippen LogP contribution in [0.15, 0.2) is 90.4 Å². The number of carbonyl (C=O) groups is 4. The van der Waals surface area contributed by atoms with Crippen LogP contribution in [0.3, 0.4) is 0 Å². The van der Waals surface area contributed by atoms with Crippen LogP contribution >= 0.6 is 11.3 Å². The average molecular weight is 724 g/mol. The van der Waals surface area contributed by atoms with Gasteiger partial charge in [-0.1, -0.05) is 36.8 Å². The van der Waals surface area contributed by atoms with E-state index in [9.17, 15) is 19.2 Å². The van der Waals surface area contributed by atoms with E-state index in [0.717, 1.165) is 26.9 Å². The number of aromatic nitrogens is 1. The fourth-order valence-corrected chi connectivity index (χ4v) is 6.34. The number of aromatic amines is 1. The second-order valence-corrected chi connectivity index (χ2v) is 14.3. The van der Waals surface area contributed by atoms with Crippen LogP contribution in [0.5, 0.6) is 5.75 Å². The van der Waals surface area contributed by atoms with Crippen LogP contribution in [0, 0.1) is 0 Å². The van der Waals surface area contributed by atoms with Crippen molar-refractivity contribution in [2.24, 2.45) is 0 Å². The molecule has 5 N–H and O–H groups in total. The number of benzene rings is 3. The van der Waals surface area contributed by atoms with Crippen LogP contribution in [-0.4, -0.2) is 54.1 Å². The van der Waals surface area contributed by atoms with Crippen LogP contribution < -0.4 is 26.0 Å². The minimum absolute atomic E-state index is 0.195. The van der Waals surface area contributed by atoms with Gasteiger partial charge in [0.1, 0.15) is 17.4 Å². The molecule has 3 aromatic carbocycles. The van der Waals surface area contributed by atoms with E-state index in [1.165, 1.54) is 0 Å². The number of unbranched alkanes of at least 4 members (excludes halogenated alkanes) is 2. The van der Waals surface area contributed by atoms with Crippen molar-refractivity contribution in [3.8, 4) is 16.2 Å². The Bertz CT molecular complexity index is 1980. The van der Waals surface area contributed by atoms with E-state index in [1.807, 2.05) is 60.1 Å². The Morgan fingerprint density at radius 1 is 0.865 bits per heavy atom. The molecule has 12 heteroatoms. The third-order valence-electron chi connectivity index (χ3n) is 8.19. The minimum atomic E-state index is -0.812. The minimum Gasteiger partial charge on any atom is -0.497 e. The van der Waals surface area contributed by atoms with Gasteiger partial charge in [0.2, 0.25) is 11.8 Å². The van der Waals surface area contributed by atoms with E-state index < -0.39 is 17.7 Å². The van der Waals surface area contributed by atoms with E-state index in [1.54, 1.807) is 69.5 Å². The smallest absolute Gasteiger partial charge is 0.412 e. The summed E-state index contributed by atoms with van der Waals surface area (Å²) in [5, 5.41) is 14.6. The lowest BCUT2D eigenvalue weighted by Crippen LogP contribution is -2.48. The summed E-state index contributed by atoms with van der Waals surface area (Å²) < 4.78 is 10.6. The molecule has 0 saturated heterocycles. The number of hydrogen-bond acceptors (Lipinski definition) is 7.